The molecule has 0 radical (unpaired) electrons. The summed E-state index contributed by atoms with van der Waals surface area (Å²) in [6.07, 6.45) is 1.58. The van der Waals surface area contributed by atoms with E-state index in [2.05, 4.69) is 15.8 Å². The van der Waals surface area contributed by atoms with Crippen molar-refractivity contribution >= 4 is 46.7 Å². The van der Waals surface area contributed by atoms with Gasteiger partial charge in [0.1, 0.15) is 19.0 Å². The van der Waals surface area contributed by atoms with Gasteiger partial charge in [-0.15, -0.1) is 0 Å². The summed E-state index contributed by atoms with van der Waals surface area (Å²) in [5.74, 6) is 1.23. The molecule has 0 heterocycles. The molecule has 0 atom stereocenters. The molecule has 0 aliphatic carbocycles. The Labute approximate surface area is 203 Å². The third-order valence-electron chi connectivity index (χ3n) is 4.38. The molecule has 0 aliphatic heterocycles. The zero-order valence-corrected chi connectivity index (χ0v) is 19.8. The smallest absolute Gasteiger partial charge is 0.187 e. The van der Waals surface area contributed by atoms with Crippen LogP contribution in [0, 0.1) is 6.92 Å². The molecule has 0 aliphatic rings. The molecule has 166 valence electrons. The molecule has 3 aromatic carbocycles. The summed E-state index contributed by atoms with van der Waals surface area (Å²) in [5, 5.41) is 8.40. The molecule has 0 amide bonds. The molecule has 0 saturated heterocycles. The summed E-state index contributed by atoms with van der Waals surface area (Å²) in [4.78, 5) is 0. The molecule has 8 heteroatoms. The van der Waals surface area contributed by atoms with Crippen molar-refractivity contribution < 1.29 is 9.47 Å². The second-order valence-corrected chi connectivity index (χ2v) is 8.04. The maximum absolute atomic E-state index is 6.34. The Morgan fingerprint density at radius 2 is 1.62 bits per heavy atom. The Morgan fingerprint density at radius 1 is 0.969 bits per heavy atom. The molecule has 0 spiro atoms. The lowest BCUT2D eigenvalue weighted by Gasteiger charge is -2.12. The molecule has 2 N–H and O–H groups in total. The summed E-state index contributed by atoms with van der Waals surface area (Å²) in [5.41, 5.74) is 5.67. The third-order valence-corrected chi connectivity index (χ3v) is 5.17. The highest BCUT2D eigenvalue weighted by Crippen LogP contribution is 2.33. The van der Waals surface area contributed by atoms with Crippen LogP contribution in [0.15, 0.2) is 71.8 Å². The van der Waals surface area contributed by atoms with Crippen LogP contribution in [0.5, 0.6) is 11.5 Å². The number of nitrogens with one attached hydrogen (secondary N) is 2. The fourth-order valence-electron chi connectivity index (χ4n) is 2.79. The fraction of sp³-hybridized carbons (Fsp3) is 0.167. The summed E-state index contributed by atoms with van der Waals surface area (Å²) >= 11 is 17.9. The minimum absolute atomic E-state index is 0.310. The molecule has 0 aromatic heterocycles. The van der Waals surface area contributed by atoms with Gasteiger partial charge in [0.2, 0.25) is 0 Å². The van der Waals surface area contributed by atoms with Crippen molar-refractivity contribution in [2.45, 2.75) is 13.5 Å². The van der Waals surface area contributed by atoms with E-state index in [1.165, 1.54) is 0 Å². The zero-order chi connectivity index (χ0) is 22.8. The topological polar surface area (TPSA) is 54.9 Å². The van der Waals surface area contributed by atoms with Gasteiger partial charge in [0.25, 0.3) is 0 Å². The molecule has 0 bridgehead atoms. The summed E-state index contributed by atoms with van der Waals surface area (Å²) in [6.45, 7) is 3.28. The Kier molecular flexibility index (Phi) is 9.16. The Balaban J connectivity index is 1.46. The molecule has 3 aromatic rings. The summed E-state index contributed by atoms with van der Waals surface area (Å²) in [6, 6.07) is 21.2. The van der Waals surface area contributed by atoms with Crippen LogP contribution in [0.4, 0.5) is 0 Å². The normalized spacial score (nSPS) is 10.7. The largest absolute Gasteiger partial charge is 0.490 e. The van der Waals surface area contributed by atoms with Crippen LogP contribution in [0.25, 0.3) is 0 Å². The second-order valence-electron chi connectivity index (χ2n) is 6.81. The highest BCUT2D eigenvalue weighted by Gasteiger charge is 2.10. The second kappa shape index (κ2) is 12.3. The van der Waals surface area contributed by atoms with Crippen molar-refractivity contribution in [1.82, 2.24) is 10.7 Å². The number of nitrogens with zero attached hydrogens (tertiary/aromatic N) is 1. The first-order chi connectivity index (χ1) is 15.5. The molecule has 0 unspecified atom stereocenters. The standard InChI is InChI=1S/C24H23Cl2N3O2S/c1-17-7-5-6-10-22(17)30-11-12-31-23-20(25)13-19(14-21(23)26)16-28-29-24(32)27-15-18-8-3-2-4-9-18/h2-10,13-14,16H,11-12,15H2,1H3,(H2,27,29,32)/b28-16-. The maximum Gasteiger partial charge on any atom is 0.187 e. The van der Waals surface area contributed by atoms with Gasteiger partial charge in [-0.3, -0.25) is 5.43 Å². The van der Waals surface area contributed by atoms with E-state index in [4.69, 9.17) is 44.9 Å². The first-order valence-corrected chi connectivity index (χ1v) is 11.1. The van der Waals surface area contributed by atoms with Crippen LogP contribution in [-0.2, 0) is 6.54 Å². The molecule has 5 nitrogen and oxygen atoms in total. The number of thiocarbonyl (C=S) groups is 1. The van der Waals surface area contributed by atoms with Crippen LogP contribution >= 0.6 is 35.4 Å². The van der Waals surface area contributed by atoms with Crippen molar-refractivity contribution in [2.24, 2.45) is 5.10 Å². The van der Waals surface area contributed by atoms with Crippen molar-refractivity contribution in [3.63, 3.8) is 0 Å². The van der Waals surface area contributed by atoms with Crippen molar-refractivity contribution in [3.05, 3.63) is 93.5 Å². The molecule has 32 heavy (non-hydrogen) atoms. The van der Waals surface area contributed by atoms with Crippen LogP contribution in [-0.4, -0.2) is 24.5 Å². The summed E-state index contributed by atoms with van der Waals surface area (Å²) in [7, 11) is 0. The minimum atomic E-state index is 0.310. The van der Waals surface area contributed by atoms with Gasteiger partial charge >= 0.3 is 0 Å². The van der Waals surface area contributed by atoms with Crippen LogP contribution < -0.4 is 20.2 Å². The average Bonchev–Trinajstić information content (AvgIpc) is 2.78. The van der Waals surface area contributed by atoms with Gasteiger partial charge in [0.15, 0.2) is 10.9 Å². The predicted octanol–water partition coefficient (Wildman–Crippen LogP) is 5.76. The first kappa shape index (κ1) is 23.9. The monoisotopic (exact) mass is 487 g/mol. The van der Waals surface area contributed by atoms with Gasteiger partial charge in [0.05, 0.1) is 16.3 Å². The van der Waals surface area contributed by atoms with Gasteiger partial charge in [-0.2, -0.15) is 5.10 Å². The van der Waals surface area contributed by atoms with Crippen molar-refractivity contribution in [2.75, 3.05) is 13.2 Å². The lowest BCUT2D eigenvalue weighted by atomic mass is 10.2. The Bertz CT molecular complexity index is 1050. The lowest BCUT2D eigenvalue weighted by molar-refractivity contribution is 0.216. The van der Waals surface area contributed by atoms with Gasteiger partial charge in [-0.05, 0) is 54.0 Å². The number of benzene rings is 3. The number of hydrazone groups is 1. The highest BCUT2D eigenvalue weighted by molar-refractivity contribution is 7.80. The van der Waals surface area contributed by atoms with Crippen LogP contribution in [0.3, 0.4) is 0 Å². The van der Waals surface area contributed by atoms with Crippen LogP contribution in [0.1, 0.15) is 16.7 Å². The number of aryl methyl sites for hydroxylation is 1. The molecule has 3 rings (SSSR count). The average molecular weight is 488 g/mol. The number of hydrogen-bond donors (Lipinski definition) is 2. The number of para-hydroxylation sites is 1. The quantitative estimate of drug-likeness (QED) is 0.174. The molecule has 0 saturated carbocycles. The van der Waals surface area contributed by atoms with E-state index < -0.39 is 0 Å². The van der Waals surface area contributed by atoms with Gasteiger partial charge in [-0.25, -0.2) is 0 Å². The maximum atomic E-state index is 6.34. The minimum Gasteiger partial charge on any atom is -0.490 e. The molecular weight excluding hydrogens is 465 g/mol. The van der Waals surface area contributed by atoms with Crippen molar-refractivity contribution in [1.29, 1.82) is 0 Å². The van der Waals surface area contributed by atoms with E-state index in [9.17, 15) is 0 Å². The molecule has 0 fully saturated rings. The van der Waals surface area contributed by atoms with Gasteiger partial charge in [0, 0.05) is 6.54 Å². The van der Waals surface area contributed by atoms with Crippen molar-refractivity contribution in [3.8, 4) is 11.5 Å². The summed E-state index contributed by atoms with van der Waals surface area (Å²) < 4.78 is 11.4. The van der Waals surface area contributed by atoms with E-state index in [1.807, 2.05) is 61.5 Å². The number of halogens is 2. The van der Waals surface area contributed by atoms with E-state index in [0.29, 0.717) is 46.2 Å². The fourth-order valence-corrected chi connectivity index (χ4v) is 3.53. The van der Waals surface area contributed by atoms with E-state index in [0.717, 1.165) is 16.9 Å². The van der Waals surface area contributed by atoms with E-state index in [-0.39, 0.29) is 0 Å². The van der Waals surface area contributed by atoms with Crippen LogP contribution in [0.2, 0.25) is 10.0 Å². The molecular formula is C24H23Cl2N3O2S. The highest BCUT2D eigenvalue weighted by atomic mass is 35.5. The Hall–Kier alpha value is -2.80. The Morgan fingerprint density at radius 3 is 2.34 bits per heavy atom. The zero-order valence-electron chi connectivity index (χ0n) is 17.5. The van der Waals surface area contributed by atoms with E-state index >= 15 is 0 Å². The number of rotatable bonds is 9. The van der Waals surface area contributed by atoms with Gasteiger partial charge in [-0.1, -0.05) is 71.7 Å². The van der Waals surface area contributed by atoms with E-state index in [1.54, 1.807) is 18.3 Å². The third kappa shape index (κ3) is 7.41. The number of ether oxygens (including phenoxy) is 2. The lowest BCUT2D eigenvalue weighted by Crippen LogP contribution is -2.31. The number of hydrogen-bond acceptors (Lipinski definition) is 4. The first-order valence-electron chi connectivity index (χ1n) is 9.94. The predicted molar refractivity (Wildman–Crippen MR) is 135 cm³/mol. The van der Waals surface area contributed by atoms with Gasteiger partial charge < -0.3 is 14.8 Å². The SMILES string of the molecule is Cc1ccccc1OCCOc1c(Cl)cc(/C=N\NC(=S)NCc2ccccc2)cc1Cl.